The van der Waals surface area contributed by atoms with Gasteiger partial charge >= 0.3 is 0 Å². The Kier molecular flexibility index (Phi) is 6.20. The van der Waals surface area contributed by atoms with Gasteiger partial charge in [0.2, 0.25) is 0 Å². The summed E-state index contributed by atoms with van der Waals surface area (Å²) in [5, 5.41) is 46.8. The highest BCUT2D eigenvalue weighted by molar-refractivity contribution is 5.27. The molecule has 0 saturated heterocycles. The molecule has 1 aromatic rings. The number of hydrogen-bond donors (Lipinski definition) is 5. The summed E-state index contributed by atoms with van der Waals surface area (Å²) < 4.78 is 4.99. The van der Waals surface area contributed by atoms with Crippen LogP contribution in [0.3, 0.4) is 0 Å². The maximum Gasteiger partial charge on any atom is 0.118 e. The van der Waals surface area contributed by atoms with Gasteiger partial charge in [-0.25, -0.2) is 0 Å². The standard InChI is InChI=1S/C13H20O6/c1-19-9-4-2-8(3-5-9)6-10(15)12(17)13(18)11(16)7-14/h2-5,10-18H,6-7H2,1H3/t10?,11-,12+,13+/m1/s1. The highest BCUT2D eigenvalue weighted by atomic mass is 16.5. The van der Waals surface area contributed by atoms with Crippen LogP contribution in [-0.4, -0.2) is 63.7 Å². The molecule has 0 amide bonds. The molecule has 1 aromatic carbocycles. The fraction of sp³-hybridized carbons (Fsp3) is 0.538. The molecule has 0 bridgehead atoms. The summed E-state index contributed by atoms with van der Waals surface area (Å²) in [5.41, 5.74) is 0.748. The van der Waals surface area contributed by atoms with Crippen LogP contribution in [0.25, 0.3) is 0 Å². The minimum absolute atomic E-state index is 0.111. The molecule has 0 radical (unpaired) electrons. The van der Waals surface area contributed by atoms with E-state index >= 15 is 0 Å². The molecule has 6 heteroatoms. The fourth-order valence-electron chi connectivity index (χ4n) is 1.69. The van der Waals surface area contributed by atoms with Crippen molar-refractivity contribution in [3.8, 4) is 5.75 Å². The number of aliphatic hydroxyl groups is 5. The van der Waals surface area contributed by atoms with Gasteiger partial charge in [0.25, 0.3) is 0 Å². The van der Waals surface area contributed by atoms with E-state index in [9.17, 15) is 20.4 Å². The molecule has 6 nitrogen and oxygen atoms in total. The molecule has 0 aromatic heterocycles. The van der Waals surface area contributed by atoms with E-state index in [4.69, 9.17) is 9.84 Å². The Bertz CT molecular complexity index is 366. The molecule has 0 aliphatic rings. The molecule has 0 spiro atoms. The van der Waals surface area contributed by atoms with E-state index in [1.54, 1.807) is 31.4 Å². The molecule has 0 heterocycles. The third-order valence-electron chi connectivity index (χ3n) is 2.93. The predicted octanol–water partition coefficient (Wildman–Crippen LogP) is -1.33. The minimum atomic E-state index is -1.60. The van der Waals surface area contributed by atoms with Crippen LogP contribution in [0.1, 0.15) is 5.56 Å². The minimum Gasteiger partial charge on any atom is -0.497 e. The maximum absolute atomic E-state index is 9.78. The van der Waals surface area contributed by atoms with Crippen molar-refractivity contribution in [3.05, 3.63) is 29.8 Å². The second-order valence-corrected chi connectivity index (χ2v) is 4.35. The van der Waals surface area contributed by atoms with Gasteiger partial charge in [0, 0.05) is 6.42 Å². The Labute approximate surface area is 111 Å². The largest absolute Gasteiger partial charge is 0.497 e. The predicted molar refractivity (Wildman–Crippen MR) is 67.8 cm³/mol. The second-order valence-electron chi connectivity index (χ2n) is 4.35. The van der Waals surface area contributed by atoms with Crippen molar-refractivity contribution < 1.29 is 30.3 Å². The molecule has 0 saturated carbocycles. The lowest BCUT2D eigenvalue weighted by Crippen LogP contribution is -2.46. The molecule has 19 heavy (non-hydrogen) atoms. The Morgan fingerprint density at radius 2 is 1.47 bits per heavy atom. The number of ether oxygens (including phenoxy) is 1. The number of benzene rings is 1. The lowest BCUT2D eigenvalue weighted by molar-refractivity contribution is -0.114. The molecule has 0 aliphatic carbocycles. The first-order valence-corrected chi connectivity index (χ1v) is 5.95. The Balaban J connectivity index is 2.59. The highest BCUT2D eigenvalue weighted by Crippen LogP contribution is 2.15. The average Bonchev–Trinajstić information content (AvgIpc) is 2.45. The third kappa shape index (κ3) is 4.45. The first kappa shape index (κ1) is 15.9. The van der Waals surface area contributed by atoms with Gasteiger partial charge in [-0.1, -0.05) is 12.1 Å². The van der Waals surface area contributed by atoms with Crippen LogP contribution >= 0.6 is 0 Å². The van der Waals surface area contributed by atoms with E-state index < -0.39 is 31.0 Å². The second kappa shape index (κ2) is 7.42. The first-order valence-electron chi connectivity index (χ1n) is 5.95. The highest BCUT2D eigenvalue weighted by Gasteiger charge is 2.29. The zero-order valence-corrected chi connectivity index (χ0v) is 10.7. The van der Waals surface area contributed by atoms with Gasteiger partial charge in [-0.2, -0.15) is 0 Å². The van der Waals surface area contributed by atoms with Crippen molar-refractivity contribution in [1.29, 1.82) is 0 Å². The van der Waals surface area contributed by atoms with Gasteiger partial charge in [-0.15, -0.1) is 0 Å². The summed E-state index contributed by atoms with van der Waals surface area (Å²) in [6.45, 7) is -0.687. The summed E-state index contributed by atoms with van der Waals surface area (Å²) in [5.74, 6) is 0.675. The van der Waals surface area contributed by atoms with Crippen molar-refractivity contribution in [2.75, 3.05) is 13.7 Å². The quantitative estimate of drug-likeness (QED) is 0.421. The van der Waals surface area contributed by atoms with Crippen LogP contribution in [0.15, 0.2) is 24.3 Å². The monoisotopic (exact) mass is 272 g/mol. The van der Waals surface area contributed by atoms with Crippen LogP contribution in [0.4, 0.5) is 0 Å². The molecular formula is C13H20O6. The lowest BCUT2D eigenvalue weighted by atomic mass is 9.98. The van der Waals surface area contributed by atoms with Gasteiger partial charge in [-0.3, -0.25) is 0 Å². The molecule has 5 N–H and O–H groups in total. The van der Waals surface area contributed by atoms with Crippen molar-refractivity contribution in [2.24, 2.45) is 0 Å². The number of aliphatic hydroxyl groups excluding tert-OH is 5. The SMILES string of the molecule is COc1ccc(CC(O)[C@H](O)[C@@H](O)[C@H](O)CO)cc1. The summed E-state index contributed by atoms with van der Waals surface area (Å²) >= 11 is 0. The van der Waals surface area contributed by atoms with Crippen LogP contribution in [0, 0.1) is 0 Å². The maximum atomic E-state index is 9.78. The van der Waals surface area contributed by atoms with E-state index in [1.807, 2.05) is 0 Å². The number of methoxy groups -OCH3 is 1. The van der Waals surface area contributed by atoms with Crippen LogP contribution in [0.5, 0.6) is 5.75 Å². The topological polar surface area (TPSA) is 110 Å². The fourth-order valence-corrected chi connectivity index (χ4v) is 1.69. The number of hydrogen-bond acceptors (Lipinski definition) is 6. The molecule has 1 unspecified atom stereocenters. The Hall–Kier alpha value is -1.18. The van der Waals surface area contributed by atoms with Crippen molar-refractivity contribution in [2.45, 2.75) is 30.8 Å². The van der Waals surface area contributed by atoms with E-state index in [0.717, 1.165) is 5.56 Å². The summed E-state index contributed by atoms with van der Waals surface area (Å²) in [4.78, 5) is 0. The van der Waals surface area contributed by atoms with E-state index in [0.29, 0.717) is 5.75 Å². The average molecular weight is 272 g/mol. The third-order valence-corrected chi connectivity index (χ3v) is 2.93. The van der Waals surface area contributed by atoms with Gasteiger partial charge in [0.15, 0.2) is 0 Å². The molecule has 0 aliphatic heterocycles. The zero-order valence-electron chi connectivity index (χ0n) is 10.7. The van der Waals surface area contributed by atoms with Crippen molar-refractivity contribution >= 4 is 0 Å². The van der Waals surface area contributed by atoms with E-state index in [-0.39, 0.29) is 6.42 Å². The normalized spacial score (nSPS) is 17.6. The Morgan fingerprint density at radius 3 is 1.95 bits per heavy atom. The molecule has 1 rings (SSSR count). The van der Waals surface area contributed by atoms with E-state index in [1.165, 1.54) is 0 Å². The summed E-state index contributed by atoms with van der Waals surface area (Å²) in [7, 11) is 1.54. The van der Waals surface area contributed by atoms with E-state index in [2.05, 4.69) is 0 Å². The van der Waals surface area contributed by atoms with Crippen LogP contribution in [-0.2, 0) is 6.42 Å². The number of rotatable bonds is 7. The first-order chi connectivity index (χ1) is 8.99. The smallest absolute Gasteiger partial charge is 0.118 e. The summed E-state index contributed by atoms with van der Waals surface area (Å²) in [6.07, 6.45) is -5.76. The molecule has 0 fully saturated rings. The zero-order chi connectivity index (χ0) is 14.4. The van der Waals surface area contributed by atoms with Gasteiger partial charge in [0.05, 0.1) is 19.8 Å². The van der Waals surface area contributed by atoms with Gasteiger partial charge in [-0.05, 0) is 17.7 Å². The Morgan fingerprint density at radius 1 is 0.947 bits per heavy atom. The van der Waals surface area contributed by atoms with Crippen LogP contribution < -0.4 is 4.74 Å². The lowest BCUT2D eigenvalue weighted by Gasteiger charge is -2.25. The van der Waals surface area contributed by atoms with Gasteiger partial charge < -0.3 is 30.3 Å². The molecular weight excluding hydrogens is 252 g/mol. The van der Waals surface area contributed by atoms with Crippen molar-refractivity contribution in [3.63, 3.8) is 0 Å². The molecule has 4 atom stereocenters. The van der Waals surface area contributed by atoms with Gasteiger partial charge in [0.1, 0.15) is 24.1 Å². The van der Waals surface area contributed by atoms with Crippen LogP contribution in [0.2, 0.25) is 0 Å². The molecule has 108 valence electrons. The summed E-state index contributed by atoms with van der Waals surface area (Å²) in [6, 6.07) is 6.88. The van der Waals surface area contributed by atoms with Crippen molar-refractivity contribution in [1.82, 2.24) is 0 Å².